The Hall–Kier alpha value is -2.27. The van der Waals surface area contributed by atoms with Gasteiger partial charge in [0, 0.05) is 11.7 Å². The molecule has 0 aliphatic carbocycles. The first-order valence-electron chi connectivity index (χ1n) is 7.81. The number of carbonyl (C=O) groups is 1. The number of hydrogen-bond acceptors (Lipinski definition) is 2. The Morgan fingerprint density at radius 2 is 1.88 bits per heavy atom. The minimum atomic E-state index is -0.882. The van der Waals surface area contributed by atoms with Crippen LogP contribution in [0, 0.1) is 25.5 Å². The van der Waals surface area contributed by atoms with Gasteiger partial charge in [-0.1, -0.05) is 18.2 Å². The second-order valence-electron chi connectivity index (χ2n) is 6.06. The van der Waals surface area contributed by atoms with Crippen molar-refractivity contribution in [1.29, 1.82) is 0 Å². The quantitative estimate of drug-likeness (QED) is 0.889. The molecule has 1 unspecified atom stereocenters. The molecule has 2 rings (SSSR count). The Labute approximate surface area is 141 Å². The van der Waals surface area contributed by atoms with Crippen LogP contribution in [0.2, 0.25) is 0 Å². The molecule has 1 N–H and O–H groups in total. The molecule has 5 heteroatoms. The van der Waals surface area contributed by atoms with Gasteiger partial charge in [-0.25, -0.2) is 8.78 Å². The average Bonchev–Trinajstić information content (AvgIpc) is 2.53. The highest BCUT2D eigenvalue weighted by Crippen LogP contribution is 2.21. The number of nitrogens with one attached hydrogen (secondary N) is 1. The molecule has 0 aliphatic rings. The third-order valence-corrected chi connectivity index (χ3v) is 4.36. The Morgan fingerprint density at radius 1 is 1.17 bits per heavy atom. The SMILES string of the molecule is Cc1cccc(NC(=O)CN(C)C(C)c2ccc(F)c(F)c2)c1C. The van der Waals surface area contributed by atoms with E-state index in [1.807, 2.05) is 39.0 Å². The summed E-state index contributed by atoms with van der Waals surface area (Å²) in [7, 11) is 1.77. The number of carbonyl (C=O) groups excluding carboxylic acids is 1. The fraction of sp³-hybridized carbons (Fsp3) is 0.316. The highest BCUT2D eigenvalue weighted by molar-refractivity contribution is 5.93. The van der Waals surface area contributed by atoms with Gasteiger partial charge in [-0.2, -0.15) is 0 Å². The predicted molar refractivity (Wildman–Crippen MR) is 91.9 cm³/mol. The third kappa shape index (κ3) is 4.17. The van der Waals surface area contributed by atoms with E-state index in [-0.39, 0.29) is 18.5 Å². The number of anilines is 1. The fourth-order valence-corrected chi connectivity index (χ4v) is 2.47. The maximum atomic E-state index is 13.4. The van der Waals surface area contributed by atoms with Crippen molar-refractivity contribution in [2.75, 3.05) is 18.9 Å². The normalized spacial score (nSPS) is 12.3. The first kappa shape index (κ1) is 18.1. The molecule has 1 atom stereocenters. The molecule has 0 saturated carbocycles. The Balaban J connectivity index is 2.02. The molecule has 0 fully saturated rings. The van der Waals surface area contributed by atoms with E-state index in [4.69, 9.17) is 0 Å². The number of aryl methyl sites for hydroxylation is 1. The van der Waals surface area contributed by atoms with Gasteiger partial charge in [0.25, 0.3) is 0 Å². The summed E-state index contributed by atoms with van der Waals surface area (Å²) in [5.41, 5.74) is 3.54. The van der Waals surface area contributed by atoms with E-state index >= 15 is 0 Å². The van der Waals surface area contributed by atoms with Crippen LogP contribution in [0.5, 0.6) is 0 Å². The molecular weight excluding hydrogens is 310 g/mol. The van der Waals surface area contributed by atoms with Crippen LogP contribution >= 0.6 is 0 Å². The summed E-state index contributed by atoms with van der Waals surface area (Å²) in [5.74, 6) is -1.91. The van der Waals surface area contributed by atoms with Crippen LogP contribution in [0.1, 0.15) is 29.7 Å². The minimum absolute atomic E-state index is 0.146. The fourth-order valence-electron chi connectivity index (χ4n) is 2.47. The third-order valence-electron chi connectivity index (χ3n) is 4.36. The highest BCUT2D eigenvalue weighted by atomic mass is 19.2. The number of halogens is 2. The molecular formula is C19H22F2N2O. The molecule has 0 spiro atoms. The molecule has 3 nitrogen and oxygen atoms in total. The second kappa shape index (κ2) is 7.53. The van der Waals surface area contributed by atoms with Crippen molar-refractivity contribution in [3.05, 3.63) is 64.7 Å². The summed E-state index contributed by atoms with van der Waals surface area (Å²) in [6.07, 6.45) is 0. The lowest BCUT2D eigenvalue weighted by atomic mass is 10.1. The summed E-state index contributed by atoms with van der Waals surface area (Å²) in [4.78, 5) is 14.0. The highest BCUT2D eigenvalue weighted by Gasteiger charge is 2.17. The van der Waals surface area contributed by atoms with Gasteiger partial charge in [-0.15, -0.1) is 0 Å². The molecule has 2 aromatic rings. The van der Waals surface area contributed by atoms with Crippen LogP contribution in [0.3, 0.4) is 0 Å². The average molecular weight is 332 g/mol. The van der Waals surface area contributed by atoms with E-state index in [0.29, 0.717) is 5.56 Å². The Morgan fingerprint density at radius 3 is 2.54 bits per heavy atom. The molecule has 24 heavy (non-hydrogen) atoms. The summed E-state index contributed by atoms with van der Waals surface area (Å²) in [5, 5.41) is 2.89. The first-order chi connectivity index (χ1) is 11.3. The van der Waals surface area contributed by atoms with Crippen LogP contribution in [-0.2, 0) is 4.79 Å². The number of benzene rings is 2. The van der Waals surface area contributed by atoms with Crippen molar-refractivity contribution in [2.24, 2.45) is 0 Å². The van der Waals surface area contributed by atoms with Crippen LogP contribution in [0.25, 0.3) is 0 Å². The summed E-state index contributed by atoms with van der Waals surface area (Å²) in [6.45, 7) is 5.94. The van der Waals surface area contributed by atoms with Gasteiger partial charge >= 0.3 is 0 Å². The first-order valence-corrected chi connectivity index (χ1v) is 7.81. The predicted octanol–water partition coefficient (Wildman–Crippen LogP) is 4.21. The summed E-state index contributed by atoms with van der Waals surface area (Å²) < 4.78 is 26.4. The van der Waals surface area contributed by atoms with Gasteiger partial charge in [0.1, 0.15) is 0 Å². The van der Waals surface area contributed by atoms with E-state index in [1.165, 1.54) is 12.1 Å². The van der Waals surface area contributed by atoms with Crippen molar-refractivity contribution in [1.82, 2.24) is 4.90 Å². The van der Waals surface area contributed by atoms with Gasteiger partial charge in [0.2, 0.25) is 5.91 Å². The van der Waals surface area contributed by atoms with Gasteiger partial charge in [0.15, 0.2) is 11.6 Å². The molecule has 2 aromatic carbocycles. The van der Waals surface area contributed by atoms with Gasteiger partial charge in [-0.3, -0.25) is 9.69 Å². The van der Waals surface area contributed by atoms with Crippen LogP contribution in [-0.4, -0.2) is 24.4 Å². The van der Waals surface area contributed by atoms with Crippen molar-refractivity contribution in [3.8, 4) is 0 Å². The number of rotatable bonds is 5. The lowest BCUT2D eigenvalue weighted by Crippen LogP contribution is -2.32. The van der Waals surface area contributed by atoms with E-state index in [0.717, 1.165) is 22.9 Å². The molecule has 128 valence electrons. The molecule has 0 aromatic heterocycles. The number of nitrogens with zero attached hydrogens (tertiary/aromatic N) is 1. The monoisotopic (exact) mass is 332 g/mol. The Kier molecular flexibility index (Phi) is 5.67. The summed E-state index contributed by atoms with van der Waals surface area (Å²) >= 11 is 0. The van der Waals surface area contributed by atoms with Crippen molar-refractivity contribution in [3.63, 3.8) is 0 Å². The maximum Gasteiger partial charge on any atom is 0.238 e. The zero-order valence-electron chi connectivity index (χ0n) is 14.4. The van der Waals surface area contributed by atoms with Crippen molar-refractivity contribution in [2.45, 2.75) is 26.8 Å². The Bertz CT molecular complexity index is 746. The number of likely N-dealkylation sites (N-methyl/N-ethyl adjacent to an activating group) is 1. The zero-order chi connectivity index (χ0) is 17.9. The molecule has 0 bridgehead atoms. The lowest BCUT2D eigenvalue weighted by molar-refractivity contribution is -0.117. The molecule has 1 amide bonds. The maximum absolute atomic E-state index is 13.4. The topological polar surface area (TPSA) is 32.3 Å². The van der Waals surface area contributed by atoms with E-state index in [9.17, 15) is 13.6 Å². The molecule has 0 aliphatic heterocycles. The lowest BCUT2D eigenvalue weighted by Gasteiger charge is -2.24. The van der Waals surface area contributed by atoms with Crippen LogP contribution in [0.15, 0.2) is 36.4 Å². The zero-order valence-corrected chi connectivity index (χ0v) is 14.4. The second-order valence-corrected chi connectivity index (χ2v) is 6.06. The van der Waals surface area contributed by atoms with Gasteiger partial charge in [-0.05, 0) is 62.7 Å². The number of hydrogen-bond donors (Lipinski definition) is 1. The molecule has 0 saturated heterocycles. The van der Waals surface area contributed by atoms with Crippen molar-refractivity contribution < 1.29 is 13.6 Å². The largest absolute Gasteiger partial charge is 0.325 e. The smallest absolute Gasteiger partial charge is 0.238 e. The standard InChI is InChI=1S/C19H22F2N2O/c1-12-6-5-7-18(13(12)2)22-19(24)11-23(4)14(3)15-8-9-16(20)17(21)10-15/h5-10,14H,11H2,1-4H3,(H,22,24). The minimum Gasteiger partial charge on any atom is -0.325 e. The number of amides is 1. The van der Waals surface area contributed by atoms with E-state index in [2.05, 4.69) is 5.32 Å². The van der Waals surface area contributed by atoms with Gasteiger partial charge in [0.05, 0.1) is 6.54 Å². The molecule has 0 radical (unpaired) electrons. The van der Waals surface area contributed by atoms with E-state index < -0.39 is 11.6 Å². The summed E-state index contributed by atoms with van der Waals surface area (Å²) in [6, 6.07) is 9.32. The van der Waals surface area contributed by atoms with Gasteiger partial charge < -0.3 is 5.32 Å². The van der Waals surface area contributed by atoms with Crippen molar-refractivity contribution >= 4 is 11.6 Å². The van der Waals surface area contributed by atoms with Crippen LogP contribution < -0.4 is 5.32 Å². The van der Waals surface area contributed by atoms with Crippen LogP contribution in [0.4, 0.5) is 14.5 Å². The van der Waals surface area contributed by atoms with E-state index in [1.54, 1.807) is 11.9 Å². The molecule has 0 heterocycles.